The molecule has 0 aliphatic heterocycles. The van der Waals surface area contributed by atoms with E-state index in [2.05, 4.69) is 25.9 Å². The first kappa shape index (κ1) is 24.1. The number of hydrogen-bond acceptors (Lipinski definition) is 4. The van der Waals surface area contributed by atoms with Crippen LogP contribution in [0.5, 0.6) is 0 Å². The van der Waals surface area contributed by atoms with Gasteiger partial charge in [0.05, 0.1) is 22.9 Å². The molecule has 3 N–H and O–H groups in total. The number of benzene rings is 1. The fourth-order valence-electron chi connectivity index (χ4n) is 2.21. The van der Waals surface area contributed by atoms with E-state index in [-0.39, 0.29) is 30.5 Å². The molecule has 2 aromatic rings. The molecule has 6 nitrogen and oxygen atoms in total. The predicted octanol–water partition coefficient (Wildman–Crippen LogP) is 3.49. The van der Waals surface area contributed by atoms with Gasteiger partial charge in [0.25, 0.3) is 0 Å². The molecule has 2 rings (SSSR count). The van der Waals surface area contributed by atoms with Crippen LogP contribution in [0.1, 0.15) is 22.5 Å². The molecule has 1 aromatic heterocycles. The first-order valence-corrected chi connectivity index (χ1v) is 9.01. The van der Waals surface area contributed by atoms with Crippen molar-refractivity contribution in [1.29, 1.82) is 0 Å². The number of aromatic nitrogens is 1. The Hall–Kier alpha value is -1.89. The maximum atomic E-state index is 13.6. The number of rotatable bonds is 6. The number of nitrogens with zero attached hydrogens (tertiary/aromatic N) is 2. The summed E-state index contributed by atoms with van der Waals surface area (Å²) in [4.78, 5) is 21.4. The van der Waals surface area contributed by atoms with E-state index in [0.717, 1.165) is 27.7 Å². The second-order valence-electron chi connectivity index (χ2n) is 5.56. The molecule has 11 heteroatoms. The summed E-state index contributed by atoms with van der Waals surface area (Å²) in [6.45, 7) is 6.44. The lowest BCUT2D eigenvalue weighted by atomic mass is 10.3. The Balaban J connectivity index is 0.00000392. The normalized spacial score (nSPS) is 11.0. The number of hydrogen-bond donors (Lipinski definition) is 3. The molecule has 1 amide bonds. The van der Waals surface area contributed by atoms with Crippen LogP contribution in [0.25, 0.3) is 0 Å². The topological polar surface area (TPSA) is 78.4 Å². The second kappa shape index (κ2) is 11.2. The summed E-state index contributed by atoms with van der Waals surface area (Å²) in [5.74, 6) is -4.68. The molecule has 154 valence electrons. The molecular weight excluding hydrogens is 506 g/mol. The molecule has 0 fully saturated rings. The number of aliphatic imine (C=N–C) groups is 1. The molecule has 0 atom stereocenters. The molecule has 0 aliphatic rings. The number of anilines is 1. The van der Waals surface area contributed by atoms with E-state index in [1.165, 1.54) is 0 Å². The van der Waals surface area contributed by atoms with Crippen LogP contribution >= 0.6 is 35.3 Å². The van der Waals surface area contributed by atoms with Crippen molar-refractivity contribution in [1.82, 2.24) is 15.6 Å². The highest BCUT2D eigenvalue weighted by Gasteiger charge is 2.15. The number of guanidine groups is 1. The zero-order chi connectivity index (χ0) is 20.0. The van der Waals surface area contributed by atoms with Gasteiger partial charge in [0, 0.05) is 11.4 Å². The third-order valence-corrected chi connectivity index (χ3v) is 4.52. The van der Waals surface area contributed by atoms with E-state index in [9.17, 15) is 18.0 Å². The summed E-state index contributed by atoms with van der Waals surface area (Å²) in [5.41, 5.74) is 0.482. The van der Waals surface area contributed by atoms with Gasteiger partial charge in [-0.1, -0.05) is 0 Å². The molecule has 0 unspecified atom stereocenters. The lowest BCUT2D eigenvalue weighted by Gasteiger charge is -2.11. The first-order chi connectivity index (χ1) is 12.8. The van der Waals surface area contributed by atoms with Crippen molar-refractivity contribution in [2.24, 2.45) is 4.99 Å². The van der Waals surface area contributed by atoms with Crippen molar-refractivity contribution in [3.05, 3.63) is 45.2 Å². The summed E-state index contributed by atoms with van der Waals surface area (Å²) < 4.78 is 39.7. The van der Waals surface area contributed by atoms with Crippen LogP contribution in [0.4, 0.5) is 18.9 Å². The van der Waals surface area contributed by atoms with E-state index >= 15 is 0 Å². The average Bonchev–Trinajstić information content (AvgIpc) is 2.95. The molecule has 1 heterocycles. The fraction of sp³-hybridized carbons (Fsp3) is 0.353. The molecular formula is C17H21F3IN5OS. The number of carbonyl (C=O) groups excluding carboxylic acids is 1. The summed E-state index contributed by atoms with van der Waals surface area (Å²) in [5, 5.41) is 9.20. The van der Waals surface area contributed by atoms with Gasteiger partial charge in [0.15, 0.2) is 23.4 Å². The molecule has 0 radical (unpaired) electrons. The molecule has 1 aromatic carbocycles. The van der Waals surface area contributed by atoms with Gasteiger partial charge >= 0.3 is 0 Å². The molecule has 0 saturated carbocycles. The van der Waals surface area contributed by atoms with Gasteiger partial charge in [-0.2, -0.15) is 0 Å². The van der Waals surface area contributed by atoms with Crippen LogP contribution in [0.2, 0.25) is 0 Å². The standard InChI is InChI=1S/C17H20F3N5OS.HI/c1-4-21-17(22-7-13-9(2)24-10(3)27-13)23-8-14(26)25-12-6-5-11(18)15(19)16(12)20;/h5-6H,4,7-8H2,1-3H3,(H,25,26)(H2,21,22,23);1H. The van der Waals surface area contributed by atoms with E-state index in [4.69, 9.17) is 0 Å². The molecule has 0 saturated heterocycles. The largest absolute Gasteiger partial charge is 0.357 e. The number of thiazole rings is 1. The molecule has 0 bridgehead atoms. The Kier molecular flexibility index (Phi) is 9.65. The number of nitrogens with one attached hydrogen (secondary N) is 3. The Bertz CT molecular complexity index is 860. The van der Waals surface area contributed by atoms with Crippen molar-refractivity contribution in [3.63, 3.8) is 0 Å². The zero-order valence-electron chi connectivity index (χ0n) is 15.5. The van der Waals surface area contributed by atoms with Crippen molar-refractivity contribution in [2.75, 3.05) is 18.4 Å². The van der Waals surface area contributed by atoms with Gasteiger partial charge in [-0.05, 0) is 32.9 Å². The fourth-order valence-corrected chi connectivity index (χ4v) is 3.08. The van der Waals surface area contributed by atoms with Crippen LogP contribution in [0, 0.1) is 31.3 Å². The van der Waals surface area contributed by atoms with Crippen LogP contribution in [-0.4, -0.2) is 29.9 Å². The highest BCUT2D eigenvalue weighted by Crippen LogP contribution is 2.19. The Morgan fingerprint density at radius 2 is 1.89 bits per heavy atom. The maximum absolute atomic E-state index is 13.6. The minimum Gasteiger partial charge on any atom is -0.357 e. The van der Waals surface area contributed by atoms with Gasteiger partial charge < -0.3 is 16.0 Å². The summed E-state index contributed by atoms with van der Waals surface area (Å²) in [7, 11) is 0. The van der Waals surface area contributed by atoms with Gasteiger partial charge in [-0.3, -0.25) is 4.79 Å². The van der Waals surface area contributed by atoms with E-state index in [1.54, 1.807) is 11.3 Å². The van der Waals surface area contributed by atoms with Crippen molar-refractivity contribution >= 4 is 52.9 Å². The first-order valence-electron chi connectivity index (χ1n) is 8.20. The number of halogens is 4. The maximum Gasteiger partial charge on any atom is 0.246 e. The van der Waals surface area contributed by atoms with Crippen LogP contribution in [-0.2, 0) is 11.3 Å². The predicted molar refractivity (Wildman–Crippen MR) is 115 cm³/mol. The van der Waals surface area contributed by atoms with Crippen LogP contribution in [0.3, 0.4) is 0 Å². The number of aryl methyl sites for hydroxylation is 2. The van der Waals surface area contributed by atoms with Gasteiger partial charge in [0.1, 0.15) is 6.54 Å². The quantitative estimate of drug-likeness (QED) is 0.233. The number of carbonyl (C=O) groups is 1. The van der Waals surface area contributed by atoms with E-state index in [0.29, 0.717) is 19.0 Å². The molecule has 28 heavy (non-hydrogen) atoms. The minimum absolute atomic E-state index is 0. The van der Waals surface area contributed by atoms with Crippen LogP contribution < -0.4 is 16.0 Å². The molecule has 0 spiro atoms. The third kappa shape index (κ3) is 6.62. The molecule has 0 aliphatic carbocycles. The minimum atomic E-state index is -1.64. The van der Waals surface area contributed by atoms with Crippen molar-refractivity contribution in [3.8, 4) is 0 Å². The summed E-state index contributed by atoms with van der Waals surface area (Å²) in [6, 6.07) is 1.69. The van der Waals surface area contributed by atoms with E-state index in [1.807, 2.05) is 20.8 Å². The smallest absolute Gasteiger partial charge is 0.246 e. The Morgan fingerprint density at radius 3 is 2.50 bits per heavy atom. The monoisotopic (exact) mass is 527 g/mol. The lowest BCUT2D eigenvalue weighted by Crippen LogP contribution is -2.37. The highest BCUT2D eigenvalue weighted by atomic mass is 127. The Labute approximate surface area is 182 Å². The van der Waals surface area contributed by atoms with Crippen molar-refractivity contribution < 1.29 is 18.0 Å². The second-order valence-corrected chi connectivity index (χ2v) is 6.85. The van der Waals surface area contributed by atoms with Crippen LogP contribution in [0.15, 0.2) is 17.1 Å². The lowest BCUT2D eigenvalue weighted by molar-refractivity contribution is -0.114. The highest BCUT2D eigenvalue weighted by molar-refractivity contribution is 14.0. The average molecular weight is 527 g/mol. The van der Waals surface area contributed by atoms with Crippen molar-refractivity contribution in [2.45, 2.75) is 27.3 Å². The summed E-state index contributed by atoms with van der Waals surface area (Å²) in [6.07, 6.45) is 0. The van der Waals surface area contributed by atoms with Gasteiger partial charge in [-0.15, -0.1) is 35.3 Å². The SMILES string of the molecule is CCNC(=NCC(=O)Nc1ccc(F)c(F)c1F)NCc1sc(C)nc1C.I. The Morgan fingerprint density at radius 1 is 1.18 bits per heavy atom. The van der Waals surface area contributed by atoms with Gasteiger partial charge in [-0.25, -0.2) is 23.1 Å². The summed E-state index contributed by atoms with van der Waals surface area (Å²) >= 11 is 1.56. The van der Waals surface area contributed by atoms with Gasteiger partial charge in [0.2, 0.25) is 5.91 Å². The third-order valence-electron chi connectivity index (χ3n) is 3.45. The zero-order valence-corrected chi connectivity index (χ0v) is 18.7. The number of amides is 1. The van der Waals surface area contributed by atoms with E-state index < -0.39 is 29.0 Å².